The van der Waals surface area contributed by atoms with Crippen molar-refractivity contribution in [2.24, 2.45) is 0 Å². The Balaban J connectivity index is 1.83. The Kier molecular flexibility index (Phi) is 4.94. The van der Waals surface area contributed by atoms with Crippen LogP contribution in [0.5, 0.6) is 5.75 Å². The van der Waals surface area contributed by atoms with Gasteiger partial charge in [0, 0.05) is 6.42 Å². The first-order chi connectivity index (χ1) is 12.0. The highest BCUT2D eigenvalue weighted by Crippen LogP contribution is 2.22. The van der Waals surface area contributed by atoms with E-state index in [4.69, 9.17) is 4.74 Å². The predicted molar refractivity (Wildman–Crippen MR) is 98.5 cm³/mol. The highest BCUT2D eigenvalue weighted by Gasteiger charge is 2.15. The Bertz CT molecular complexity index is 963. The van der Waals surface area contributed by atoms with Gasteiger partial charge in [-0.2, -0.15) is 0 Å². The molecule has 6 nitrogen and oxygen atoms in total. The number of benzene rings is 2. The topological polar surface area (TPSA) is 84.1 Å². The number of H-pyrrole nitrogens is 1. The number of hydrogen-bond acceptors (Lipinski definition) is 4. The van der Waals surface area contributed by atoms with Gasteiger partial charge in [-0.1, -0.05) is 13.3 Å². The SMILES string of the molecule is CCCCc1nc2ccc(NS(=O)(=O)c3ccc(OC)cc3)cc2[nH]1. The van der Waals surface area contributed by atoms with Crippen molar-refractivity contribution in [3.63, 3.8) is 0 Å². The number of imidazole rings is 1. The third-order valence-corrected chi connectivity index (χ3v) is 5.32. The molecule has 3 rings (SSSR count). The maximum atomic E-state index is 12.5. The quantitative estimate of drug-likeness (QED) is 0.673. The van der Waals surface area contributed by atoms with Crippen LogP contribution in [-0.4, -0.2) is 25.5 Å². The van der Waals surface area contributed by atoms with Crippen LogP contribution in [0.3, 0.4) is 0 Å². The molecule has 0 fully saturated rings. The molecule has 0 aliphatic rings. The average molecular weight is 359 g/mol. The second-order valence-electron chi connectivity index (χ2n) is 5.80. The summed E-state index contributed by atoms with van der Waals surface area (Å²) in [4.78, 5) is 7.95. The standard InChI is InChI=1S/C18H21N3O3S/c1-3-4-5-18-19-16-11-6-13(12-17(16)20-18)21-25(22,23)15-9-7-14(24-2)8-10-15/h6-12,21H,3-5H2,1-2H3,(H,19,20). The van der Waals surface area contributed by atoms with Gasteiger partial charge in [0.1, 0.15) is 11.6 Å². The molecular weight excluding hydrogens is 338 g/mol. The lowest BCUT2D eigenvalue weighted by atomic mass is 10.2. The first kappa shape index (κ1) is 17.3. The smallest absolute Gasteiger partial charge is 0.261 e. The normalized spacial score (nSPS) is 11.6. The van der Waals surface area contributed by atoms with Crippen molar-refractivity contribution < 1.29 is 13.2 Å². The zero-order valence-corrected chi connectivity index (χ0v) is 15.1. The monoisotopic (exact) mass is 359 g/mol. The number of sulfonamides is 1. The van der Waals surface area contributed by atoms with Crippen LogP contribution >= 0.6 is 0 Å². The minimum Gasteiger partial charge on any atom is -0.497 e. The molecular formula is C18H21N3O3S. The Labute approximate surface area is 147 Å². The second kappa shape index (κ2) is 7.14. The molecule has 3 aromatic rings. The van der Waals surface area contributed by atoms with E-state index in [1.807, 2.05) is 6.07 Å². The number of aryl methyl sites for hydroxylation is 1. The van der Waals surface area contributed by atoms with Crippen molar-refractivity contribution in [2.45, 2.75) is 31.1 Å². The number of ether oxygens (including phenoxy) is 1. The van der Waals surface area contributed by atoms with Gasteiger partial charge in [-0.25, -0.2) is 13.4 Å². The Hall–Kier alpha value is -2.54. The summed E-state index contributed by atoms with van der Waals surface area (Å²) in [5.41, 5.74) is 2.15. The van der Waals surface area contributed by atoms with Gasteiger partial charge in [0.15, 0.2) is 0 Å². The van der Waals surface area contributed by atoms with E-state index in [-0.39, 0.29) is 4.90 Å². The Morgan fingerprint density at radius 3 is 2.60 bits per heavy atom. The van der Waals surface area contributed by atoms with E-state index in [9.17, 15) is 8.42 Å². The first-order valence-corrected chi connectivity index (χ1v) is 9.65. The van der Waals surface area contributed by atoms with Crippen LogP contribution in [0.15, 0.2) is 47.4 Å². The predicted octanol–water partition coefficient (Wildman–Crippen LogP) is 3.71. The molecule has 1 heterocycles. The van der Waals surface area contributed by atoms with E-state index < -0.39 is 10.0 Å². The number of fused-ring (bicyclic) bond motifs is 1. The summed E-state index contributed by atoms with van der Waals surface area (Å²) in [6.45, 7) is 2.13. The summed E-state index contributed by atoms with van der Waals surface area (Å²) in [5.74, 6) is 1.53. The first-order valence-electron chi connectivity index (χ1n) is 8.17. The summed E-state index contributed by atoms with van der Waals surface area (Å²) in [6, 6.07) is 11.6. The number of unbranched alkanes of at least 4 members (excludes halogenated alkanes) is 1. The van der Waals surface area contributed by atoms with E-state index >= 15 is 0 Å². The van der Waals surface area contributed by atoms with Crippen LogP contribution in [0, 0.1) is 0 Å². The molecule has 7 heteroatoms. The number of methoxy groups -OCH3 is 1. The molecule has 2 N–H and O–H groups in total. The molecule has 2 aromatic carbocycles. The van der Waals surface area contributed by atoms with Crippen LogP contribution in [0.1, 0.15) is 25.6 Å². The lowest BCUT2D eigenvalue weighted by Gasteiger charge is -2.08. The summed E-state index contributed by atoms with van der Waals surface area (Å²) in [7, 11) is -2.12. The fourth-order valence-corrected chi connectivity index (χ4v) is 3.61. The van der Waals surface area contributed by atoms with E-state index in [0.29, 0.717) is 11.4 Å². The summed E-state index contributed by atoms with van der Waals surface area (Å²) in [6.07, 6.45) is 3.05. The minimum absolute atomic E-state index is 0.182. The number of rotatable bonds is 7. The van der Waals surface area contributed by atoms with Crippen LogP contribution in [-0.2, 0) is 16.4 Å². The molecule has 0 unspecified atom stereocenters. The molecule has 0 saturated heterocycles. The number of nitrogens with zero attached hydrogens (tertiary/aromatic N) is 1. The Morgan fingerprint density at radius 1 is 1.16 bits per heavy atom. The van der Waals surface area contributed by atoms with E-state index in [1.165, 1.54) is 19.2 Å². The van der Waals surface area contributed by atoms with Gasteiger partial charge in [-0.05, 0) is 48.9 Å². The van der Waals surface area contributed by atoms with Gasteiger partial charge in [0.25, 0.3) is 10.0 Å². The molecule has 0 aliphatic heterocycles. The van der Waals surface area contributed by atoms with E-state index in [0.717, 1.165) is 36.1 Å². The van der Waals surface area contributed by atoms with Gasteiger partial charge < -0.3 is 9.72 Å². The van der Waals surface area contributed by atoms with Crippen molar-refractivity contribution in [2.75, 3.05) is 11.8 Å². The fraction of sp³-hybridized carbons (Fsp3) is 0.278. The maximum Gasteiger partial charge on any atom is 0.261 e. The minimum atomic E-state index is -3.65. The molecule has 0 atom stereocenters. The van der Waals surface area contributed by atoms with Gasteiger partial charge in [-0.3, -0.25) is 4.72 Å². The molecule has 132 valence electrons. The highest BCUT2D eigenvalue weighted by molar-refractivity contribution is 7.92. The zero-order chi connectivity index (χ0) is 17.9. The Morgan fingerprint density at radius 2 is 1.92 bits per heavy atom. The lowest BCUT2D eigenvalue weighted by molar-refractivity contribution is 0.414. The van der Waals surface area contributed by atoms with Crippen molar-refractivity contribution in [1.29, 1.82) is 0 Å². The average Bonchev–Trinajstić information content (AvgIpc) is 3.01. The summed E-state index contributed by atoms with van der Waals surface area (Å²) < 4.78 is 32.7. The van der Waals surface area contributed by atoms with Crippen LogP contribution in [0.4, 0.5) is 5.69 Å². The summed E-state index contributed by atoms with van der Waals surface area (Å²) in [5, 5.41) is 0. The van der Waals surface area contributed by atoms with Gasteiger partial charge in [0.05, 0.1) is 28.7 Å². The summed E-state index contributed by atoms with van der Waals surface area (Å²) >= 11 is 0. The molecule has 0 saturated carbocycles. The third kappa shape index (κ3) is 3.93. The fourth-order valence-electron chi connectivity index (χ4n) is 2.56. The van der Waals surface area contributed by atoms with Crippen molar-refractivity contribution in [3.8, 4) is 5.75 Å². The van der Waals surface area contributed by atoms with Crippen LogP contribution in [0.25, 0.3) is 11.0 Å². The largest absolute Gasteiger partial charge is 0.497 e. The molecule has 0 spiro atoms. The van der Waals surface area contributed by atoms with Crippen molar-refractivity contribution in [1.82, 2.24) is 9.97 Å². The number of nitrogens with one attached hydrogen (secondary N) is 2. The second-order valence-corrected chi connectivity index (χ2v) is 7.48. The highest BCUT2D eigenvalue weighted by atomic mass is 32.2. The molecule has 0 bridgehead atoms. The number of hydrogen-bond donors (Lipinski definition) is 2. The molecule has 25 heavy (non-hydrogen) atoms. The number of anilines is 1. The molecule has 0 radical (unpaired) electrons. The van der Waals surface area contributed by atoms with Gasteiger partial charge in [-0.15, -0.1) is 0 Å². The van der Waals surface area contributed by atoms with Crippen molar-refractivity contribution in [3.05, 3.63) is 48.3 Å². The third-order valence-electron chi connectivity index (χ3n) is 3.92. The van der Waals surface area contributed by atoms with Crippen LogP contribution < -0.4 is 9.46 Å². The number of aromatic nitrogens is 2. The molecule has 0 aliphatic carbocycles. The van der Waals surface area contributed by atoms with E-state index in [1.54, 1.807) is 24.3 Å². The van der Waals surface area contributed by atoms with Crippen LogP contribution in [0.2, 0.25) is 0 Å². The van der Waals surface area contributed by atoms with Gasteiger partial charge in [0.2, 0.25) is 0 Å². The lowest BCUT2D eigenvalue weighted by Crippen LogP contribution is -2.12. The molecule has 1 aromatic heterocycles. The number of aromatic amines is 1. The molecule has 0 amide bonds. The van der Waals surface area contributed by atoms with Gasteiger partial charge >= 0.3 is 0 Å². The maximum absolute atomic E-state index is 12.5. The zero-order valence-electron chi connectivity index (χ0n) is 14.2. The van der Waals surface area contributed by atoms with E-state index in [2.05, 4.69) is 21.6 Å². The van der Waals surface area contributed by atoms with Crippen molar-refractivity contribution >= 4 is 26.7 Å².